The Bertz CT molecular complexity index is 832. The highest BCUT2D eigenvalue weighted by Gasteiger charge is 2.42. The fraction of sp³-hybridized carbons (Fsp3) is 0.471. The molecule has 134 valence electrons. The molecule has 3 rings (SSSR count). The van der Waals surface area contributed by atoms with E-state index in [0.29, 0.717) is 29.3 Å². The van der Waals surface area contributed by atoms with Gasteiger partial charge in [0.1, 0.15) is 0 Å². The second-order valence-corrected chi connectivity index (χ2v) is 6.39. The van der Waals surface area contributed by atoms with Crippen LogP contribution in [0.4, 0.5) is 13.2 Å². The van der Waals surface area contributed by atoms with Crippen molar-refractivity contribution in [1.82, 2.24) is 15.5 Å². The van der Waals surface area contributed by atoms with Gasteiger partial charge in [-0.25, -0.2) is 5.10 Å². The van der Waals surface area contributed by atoms with Gasteiger partial charge in [-0.2, -0.15) is 18.3 Å². The minimum atomic E-state index is -4.22. The van der Waals surface area contributed by atoms with E-state index in [0.717, 1.165) is 0 Å². The lowest BCUT2D eigenvalue weighted by Crippen LogP contribution is -2.42. The number of amides is 1. The number of halogens is 3. The van der Waals surface area contributed by atoms with E-state index in [9.17, 15) is 22.8 Å². The minimum Gasteiger partial charge on any atom is -0.353 e. The summed E-state index contributed by atoms with van der Waals surface area (Å²) in [5, 5.41) is 9.93. The lowest BCUT2D eigenvalue weighted by Gasteiger charge is -2.31. The van der Waals surface area contributed by atoms with Gasteiger partial charge in [0.15, 0.2) is 0 Å². The molecule has 1 aliphatic rings. The number of H-pyrrole nitrogens is 1. The van der Waals surface area contributed by atoms with Crippen LogP contribution in [0.3, 0.4) is 0 Å². The number of aromatic amines is 1. The number of carbonyl (C=O) groups is 1. The first-order valence-electron chi connectivity index (χ1n) is 8.17. The molecule has 0 unspecified atom stereocenters. The summed E-state index contributed by atoms with van der Waals surface area (Å²) in [5.74, 6) is -1.75. The first kappa shape index (κ1) is 17.4. The molecule has 8 heteroatoms. The highest BCUT2D eigenvalue weighted by atomic mass is 19.4. The topological polar surface area (TPSA) is 74.8 Å². The first-order valence-corrected chi connectivity index (χ1v) is 8.17. The number of benzene rings is 1. The van der Waals surface area contributed by atoms with Crippen molar-refractivity contribution < 1.29 is 18.0 Å². The smallest absolute Gasteiger partial charge is 0.353 e. The maximum atomic E-state index is 12.9. The third-order valence-corrected chi connectivity index (χ3v) is 4.61. The Labute approximate surface area is 141 Å². The van der Waals surface area contributed by atoms with Crippen molar-refractivity contribution in [1.29, 1.82) is 0 Å². The largest absolute Gasteiger partial charge is 0.391 e. The molecule has 1 aromatic carbocycles. The molecule has 1 aromatic heterocycles. The number of fused-ring (bicyclic) bond motifs is 1. The molecular weight excluding hydrogens is 335 g/mol. The predicted octanol–water partition coefficient (Wildman–Crippen LogP) is 2.70. The van der Waals surface area contributed by atoms with Gasteiger partial charge < -0.3 is 5.32 Å². The van der Waals surface area contributed by atoms with Gasteiger partial charge in [-0.15, -0.1) is 0 Å². The van der Waals surface area contributed by atoms with Crippen LogP contribution >= 0.6 is 0 Å². The normalized spacial score (nSPS) is 21.2. The Morgan fingerprint density at radius 2 is 1.96 bits per heavy atom. The maximum Gasteiger partial charge on any atom is 0.391 e. The van der Waals surface area contributed by atoms with Crippen LogP contribution in [0.1, 0.15) is 31.4 Å². The van der Waals surface area contributed by atoms with Gasteiger partial charge in [-0.1, -0.05) is 24.6 Å². The van der Waals surface area contributed by atoms with Crippen molar-refractivity contribution in [2.45, 2.75) is 44.3 Å². The number of carbonyl (C=O) groups excluding carboxylic acids is 1. The molecule has 0 spiro atoms. The van der Waals surface area contributed by atoms with Crippen LogP contribution in [0.5, 0.6) is 0 Å². The summed E-state index contributed by atoms with van der Waals surface area (Å²) < 4.78 is 38.6. The summed E-state index contributed by atoms with van der Waals surface area (Å²) in [4.78, 5) is 24.0. The van der Waals surface area contributed by atoms with Crippen LogP contribution in [0.2, 0.25) is 0 Å². The second-order valence-electron chi connectivity index (χ2n) is 6.39. The monoisotopic (exact) mass is 353 g/mol. The van der Waals surface area contributed by atoms with Gasteiger partial charge in [0.25, 0.3) is 5.56 Å². The molecule has 1 aliphatic carbocycles. The zero-order valence-corrected chi connectivity index (χ0v) is 13.4. The van der Waals surface area contributed by atoms with Crippen LogP contribution in [0.25, 0.3) is 10.8 Å². The van der Waals surface area contributed by atoms with Crippen LogP contribution in [-0.2, 0) is 11.2 Å². The Balaban J connectivity index is 1.69. The molecule has 0 radical (unpaired) electrons. The van der Waals surface area contributed by atoms with E-state index in [2.05, 4.69) is 15.5 Å². The SMILES string of the molecule is O=C(Cc1n[nH]c(=O)c2ccccc12)N[C@H]1CCC[C@H](C(F)(F)F)C1. The van der Waals surface area contributed by atoms with Crippen molar-refractivity contribution in [2.24, 2.45) is 5.92 Å². The quantitative estimate of drug-likeness (QED) is 0.891. The summed E-state index contributed by atoms with van der Waals surface area (Å²) in [6.07, 6.45) is -3.31. The molecule has 1 fully saturated rings. The van der Waals surface area contributed by atoms with Gasteiger partial charge >= 0.3 is 6.18 Å². The molecule has 0 saturated heterocycles. The maximum absolute atomic E-state index is 12.9. The van der Waals surface area contributed by atoms with E-state index in [4.69, 9.17) is 0 Å². The first-order chi connectivity index (χ1) is 11.8. The molecule has 1 saturated carbocycles. The average molecular weight is 353 g/mol. The van der Waals surface area contributed by atoms with Crippen LogP contribution < -0.4 is 10.9 Å². The third kappa shape index (κ3) is 4.00. The second kappa shape index (κ2) is 6.85. The lowest BCUT2D eigenvalue weighted by molar-refractivity contribution is -0.184. The Morgan fingerprint density at radius 3 is 2.68 bits per heavy atom. The molecule has 1 heterocycles. The highest BCUT2D eigenvalue weighted by molar-refractivity contribution is 5.88. The molecule has 1 amide bonds. The molecule has 0 bridgehead atoms. The fourth-order valence-corrected chi connectivity index (χ4v) is 3.36. The van der Waals surface area contributed by atoms with Crippen molar-refractivity contribution in [2.75, 3.05) is 0 Å². The van der Waals surface area contributed by atoms with E-state index < -0.39 is 24.0 Å². The Morgan fingerprint density at radius 1 is 1.24 bits per heavy atom. The lowest BCUT2D eigenvalue weighted by atomic mass is 9.85. The summed E-state index contributed by atoms with van der Waals surface area (Å²) >= 11 is 0. The van der Waals surface area contributed by atoms with Gasteiger partial charge in [0, 0.05) is 11.4 Å². The highest BCUT2D eigenvalue weighted by Crippen LogP contribution is 2.37. The third-order valence-electron chi connectivity index (χ3n) is 4.61. The minimum absolute atomic E-state index is 0.0883. The van der Waals surface area contributed by atoms with Crippen molar-refractivity contribution in [3.05, 3.63) is 40.3 Å². The molecule has 2 atom stereocenters. The number of nitrogens with one attached hydrogen (secondary N) is 2. The Hall–Kier alpha value is -2.38. The Kier molecular flexibility index (Phi) is 4.78. The summed E-state index contributed by atoms with van der Waals surface area (Å²) in [6, 6.07) is 6.29. The zero-order valence-electron chi connectivity index (χ0n) is 13.4. The standard InChI is InChI=1S/C17H18F3N3O2/c18-17(19,20)10-4-3-5-11(8-10)21-15(24)9-14-12-6-1-2-7-13(12)16(25)23-22-14/h1-2,6-7,10-11H,3-5,8-9H2,(H,21,24)(H,23,25)/t10-,11-/m0/s1. The van der Waals surface area contributed by atoms with Gasteiger partial charge in [0.05, 0.1) is 23.4 Å². The predicted molar refractivity (Wildman–Crippen MR) is 86.0 cm³/mol. The fourth-order valence-electron chi connectivity index (χ4n) is 3.36. The molecule has 2 N–H and O–H groups in total. The van der Waals surface area contributed by atoms with Crippen molar-refractivity contribution in [3.63, 3.8) is 0 Å². The van der Waals surface area contributed by atoms with E-state index in [1.807, 2.05) is 0 Å². The number of nitrogens with zero attached hydrogens (tertiary/aromatic N) is 1. The molecule has 5 nitrogen and oxygen atoms in total. The number of hydrogen-bond donors (Lipinski definition) is 2. The summed E-state index contributed by atoms with van der Waals surface area (Å²) in [5.41, 5.74) is 0.0518. The van der Waals surface area contributed by atoms with E-state index in [-0.39, 0.29) is 24.8 Å². The summed E-state index contributed by atoms with van der Waals surface area (Å²) in [7, 11) is 0. The number of aromatic nitrogens is 2. The van der Waals surface area contributed by atoms with Crippen LogP contribution in [0, 0.1) is 5.92 Å². The van der Waals surface area contributed by atoms with Crippen LogP contribution in [-0.4, -0.2) is 28.3 Å². The molecule has 0 aliphatic heterocycles. The number of rotatable bonds is 3. The molecule has 25 heavy (non-hydrogen) atoms. The van der Waals surface area contributed by atoms with Gasteiger partial charge in [-0.3, -0.25) is 9.59 Å². The average Bonchev–Trinajstić information content (AvgIpc) is 2.57. The molecular formula is C17H18F3N3O2. The van der Waals surface area contributed by atoms with E-state index in [1.165, 1.54) is 0 Å². The molecule has 2 aromatic rings. The summed E-state index contributed by atoms with van der Waals surface area (Å²) in [6.45, 7) is 0. The van der Waals surface area contributed by atoms with Crippen molar-refractivity contribution in [3.8, 4) is 0 Å². The van der Waals surface area contributed by atoms with Crippen molar-refractivity contribution >= 4 is 16.7 Å². The zero-order chi connectivity index (χ0) is 18.0. The number of hydrogen-bond acceptors (Lipinski definition) is 3. The van der Waals surface area contributed by atoms with Gasteiger partial charge in [0.2, 0.25) is 5.91 Å². The number of alkyl halides is 3. The van der Waals surface area contributed by atoms with E-state index in [1.54, 1.807) is 24.3 Å². The van der Waals surface area contributed by atoms with Gasteiger partial charge in [-0.05, 0) is 25.3 Å². The van der Waals surface area contributed by atoms with Crippen LogP contribution in [0.15, 0.2) is 29.1 Å². The van der Waals surface area contributed by atoms with E-state index >= 15 is 0 Å².